The SMILES string of the molecule is C=C(C)C(=O)OCCC[Si](OC)(OC)OC.C=C(CC=C(C)C(=O)O)C(=O)OC.C=CC(=O)O.C=CC(=O)O.C=CC(=O)O.C=CC(=O)OCCCC.CCC(CO)(CO)CO. The van der Waals surface area contributed by atoms with Crippen LogP contribution < -0.4 is 0 Å². The molecule has 0 rings (SSSR count). The van der Waals surface area contributed by atoms with Crippen molar-refractivity contribution in [3.8, 4) is 0 Å². The van der Waals surface area contributed by atoms with Gasteiger partial charge in [0.05, 0.1) is 40.1 Å². The molecule has 20 nitrogen and oxygen atoms in total. The van der Waals surface area contributed by atoms with Crippen LogP contribution in [0.5, 0.6) is 0 Å². The second-order valence-corrected chi connectivity index (χ2v) is 14.6. The quantitative estimate of drug-likeness (QED) is 0.0249. The standard InChI is InChI=1S/C10H20O5Si.C9H12O4.C7H12O2.C6H14O3.3C3H4O2/c1-9(2)10(11)15-7-6-8-16(12-3,13-4)14-5;1-6(8(10)11)4-5-7(2)9(12)13-3;1-3-5-6-9-7(8)4-2;1-2-6(3-7,4-8)5-9;3*1-2-3(4)5/h1,6-8H2,2-5H3;4H,2,5H2,1,3H3,(H,10,11);4H,2-3,5-6H2,1H3;7-9H,2-5H2,1H3;3*2H,1H2,(H,4,5). The molecule has 0 atom stereocenters. The number of allylic oxidation sites excluding steroid dienone is 1. The fourth-order valence-electron chi connectivity index (χ4n) is 2.59. The number of aliphatic carboxylic acids is 4. The van der Waals surface area contributed by atoms with E-state index < -0.39 is 44.1 Å². The highest BCUT2D eigenvalue weighted by atomic mass is 28.4. The summed E-state index contributed by atoms with van der Waals surface area (Å²) < 4.78 is 29.7. The largest absolute Gasteiger partial charge is 0.500 e. The molecule has 0 heterocycles. The number of carboxylic acid groups (broad SMARTS) is 4. The maximum absolute atomic E-state index is 11.1. The van der Waals surface area contributed by atoms with Crippen LogP contribution in [-0.2, 0) is 61.1 Å². The number of hydrogen-bond acceptors (Lipinski definition) is 16. The number of carboxylic acids is 4. The van der Waals surface area contributed by atoms with E-state index in [0.29, 0.717) is 37.7 Å². The molecule has 0 aromatic rings. The zero-order valence-electron chi connectivity index (χ0n) is 37.3. The molecule has 0 spiro atoms. The van der Waals surface area contributed by atoms with Crippen LogP contribution in [0.2, 0.25) is 6.04 Å². The Hall–Kier alpha value is -5.55. The van der Waals surface area contributed by atoms with Crippen molar-refractivity contribution in [2.45, 2.75) is 65.8 Å². The second kappa shape index (κ2) is 48.1. The molecule has 0 aromatic carbocycles. The smallest absolute Gasteiger partial charge is 0.478 e. The molecule has 358 valence electrons. The summed E-state index contributed by atoms with van der Waals surface area (Å²) in [4.78, 5) is 70.3. The van der Waals surface area contributed by atoms with Gasteiger partial charge in [0, 0.05) is 73.8 Å². The van der Waals surface area contributed by atoms with Crippen LogP contribution in [0.25, 0.3) is 0 Å². The number of hydrogen-bond donors (Lipinski definition) is 7. The molecule has 0 aliphatic rings. The van der Waals surface area contributed by atoms with Crippen molar-refractivity contribution < 1.29 is 96.8 Å². The number of ether oxygens (including phenoxy) is 3. The number of rotatable bonds is 23. The Morgan fingerprint density at radius 2 is 1.02 bits per heavy atom. The molecule has 0 unspecified atom stereocenters. The van der Waals surface area contributed by atoms with Gasteiger partial charge >= 0.3 is 50.6 Å². The molecule has 0 amide bonds. The van der Waals surface area contributed by atoms with Crippen LogP contribution in [0.4, 0.5) is 0 Å². The summed E-state index contributed by atoms with van der Waals surface area (Å²) in [7, 11) is 3.38. The molecular formula is C41H70O20Si. The highest BCUT2D eigenvalue weighted by Gasteiger charge is 2.37. The first kappa shape index (κ1) is 71.0. The van der Waals surface area contributed by atoms with Gasteiger partial charge in [-0.3, -0.25) is 0 Å². The van der Waals surface area contributed by atoms with E-state index in [1.54, 1.807) is 28.3 Å². The number of methoxy groups -OCH3 is 1. The van der Waals surface area contributed by atoms with Gasteiger partial charge in [0.1, 0.15) is 0 Å². The van der Waals surface area contributed by atoms with E-state index in [9.17, 15) is 33.6 Å². The Labute approximate surface area is 366 Å². The monoisotopic (exact) mass is 910 g/mol. The summed E-state index contributed by atoms with van der Waals surface area (Å²) in [6, 6.07) is 0.611. The fraction of sp³-hybridized carbons (Fsp3) is 0.488. The highest BCUT2D eigenvalue weighted by Crippen LogP contribution is 2.18. The topological polar surface area (TPSA) is 316 Å². The average molecular weight is 911 g/mol. The Bertz CT molecular complexity index is 1310. The van der Waals surface area contributed by atoms with Gasteiger partial charge in [-0.25, -0.2) is 33.6 Å². The highest BCUT2D eigenvalue weighted by molar-refractivity contribution is 6.60. The number of aliphatic hydroxyl groups is 3. The van der Waals surface area contributed by atoms with Gasteiger partial charge in [0.25, 0.3) is 0 Å². The Kier molecular flexibility index (Phi) is 55.1. The lowest BCUT2D eigenvalue weighted by Crippen LogP contribution is -2.42. The van der Waals surface area contributed by atoms with Gasteiger partial charge in [-0.2, -0.15) is 0 Å². The van der Waals surface area contributed by atoms with Crippen molar-refractivity contribution in [2.75, 3.05) is 61.5 Å². The first-order valence-corrected chi connectivity index (χ1v) is 20.1. The molecule has 0 bridgehead atoms. The van der Waals surface area contributed by atoms with Gasteiger partial charge in [-0.1, -0.05) is 65.8 Å². The van der Waals surface area contributed by atoms with E-state index >= 15 is 0 Å². The number of esters is 3. The van der Waals surface area contributed by atoms with Crippen molar-refractivity contribution in [2.24, 2.45) is 5.41 Å². The first-order valence-electron chi connectivity index (χ1n) is 18.2. The normalized spacial score (nSPS) is 9.69. The van der Waals surface area contributed by atoms with Gasteiger partial charge in [0.2, 0.25) is 0 Å². The third-order valence-corrected chi connectivity index (χ3v) is 9.63. The zero-order valence-corrected chi connectivity index (χ0v) is 38.3. The molecule has 0 aromatic heterocycles. The number of carbonyl (C=O) groups is 7. The maximum atomic E-state index is 11.1. The first-order chi connectivity index (χ1) is 28.9. The van der Waals surface area contributed by atoms with E-state index in [0.717, 1.165) is 31.1 Å². The van der Waals surface area contributed by atoms with Gasteiger partial charge in [0.15, 0.2) is 0 Å². The zero-order chi connectivity index (χ0) is 50.3. The Morgan fingerprint density at radius 3 is 1.26 bits per heavy atom. The molecule has 62 heavy (non-hydrogen) atoms. The van der Waals surface area contributed by atoms with Crippen molar-refractivity contribution in [1.82, 2.24) is 0 Å². The molecule has 7 N–H and O–H groups in total. The molecule has 0 radical (unpaired) electrons. The molecule has 0 saturated heterocycles. The minimum Gasteiger partial charge on any atom is -0.478 e. The lowest BCUT2D eigenvalue weighted by atomic mass is 9.88. The summed E-state index contributed by atoms with van der Waals surface area (Å²) in [5.41, 5.74) is 0.155. The lowest BCUT2D eigenvalue weighted by molar-refractivity contribution is -0.139. The van der Waals surface area contributed by atoms with Crippen molar-refractivity contribution in [3.63, 3.8) is 0 Å². The third kappa shape index (κ3) is 50.6. The van der Waals surface area contributed by atoms with E-state index in [4.69, 9.17) is 53.8 Å². The molecule has 21 heteroatoms. The van der Waals surface area contributed by atoms with Crippen LogP contribution >= 0.6 is 0 Å². The van der Waals surface area contributed by atoms with Crippen molar-refractivity contribution >= 4 is 50.6 Å². The predicted octanol–water partition coefficient (Wildman–Crippen LogP) is 4.16. The second-order valence-electron chi connectivity index (χ2n) is 11.5. The minimum atomic E-state index is -2.53. The molecule has 0 fully saturated rings. The Balaban J connectivity index is -0.000000119. The van der Waals surface area contributed by atoms with Gasteiger partial charge < -0.3 is 63.2 Å². The number of carbonyl (C=O) groups excluding carboxylic acids is 3. The van der Waals surface area contributed by atoms with Crippen LogP contribution in [0.1, 0.15) is 59.8 Å². The molecule has 0 aliphatic carbocycles. The summed E-state index contributed by atoms with van der Waals surface area (Å²) in [6.07, 6.45) is 8.50. The van der Waals surface area contributed by atoms with Gasteiger partial charge in [-0.15, -0.1) is 0 Å². The lowest BCUT2D eigenvalue weighted by Gasteiger charge is -2.24. The van der Waals surface area contributed by atoms with E-state index in [1.807, 2.05) is 13.8 Å². The summed E-state index contributed by atoms with van der Waals surface area (Å²) >= 11 is 0. The third-order valence-electron chi connectivity index (χ3n) is 6.80. The van der Waals surface area contributed by atoms with Crippen molar-refractivity contribution in [1.29, 1.82) is 0 Å². The van der Waals surface area contributed by atoms with Crippen LogP contribution in [-0.4, -0.2) is 148 Å². The Morgan fingerprint density at radius 1 is 0.629 bits per heavy atom. The van der Waals surface area contributed by atoms with E-state index in [-0.39, 0.29) is 49.3 Å². The maximum Gasteiger partial charge on any atom is 0.500 e. The van der Waals surface area contributed by atoms with E-state index in [2.05, 4.69) is 48.9 Å². The number of unbranched alkanes of at least 4 members (excludes halogenated alkanes) is 1. The van der Waals surface area contributed by atoms with Gasteiger partial charge in [-0.05, 0) is 39.5 Å². The van der Waals surface area contributed by atoms with E-state index in [1.165, 1.54) is 26.2 Å². The van der Waals surface area contributed by atoms with Crippen LogP contribution in [0.15, 0.2) is 86.6 Å². The van der Waals surface area contributed by atoms with Crippen LogP contribution in [0.3, 0.4) is 0 Å². The number of aliphatic hydroxyl groups excluding tert-OH is 3. The molecular weight excluding hydrogens is 841 g/mol. The van der Waals surface area contributed by atoms with Crippen molar-refractivity contribution in [3.05, 3.63) is 86.6 Å². The summed E-state index contributed by atoms with van der Waals surface area (Å²) in [6.45, 7) is 26.4. The molecule has 0 saturated carbocycles. The predicted molar refractivity (Wildman–Crippen MR) is 233 cm³/mol. The minimum absolute atomic E-state index is 0.156. The molecule has 0 aliphatic heterocycles. The average Bonchev–Trinajstić information content (AvgIpc) is 3.27. The summed E-state index contributed by atoms with van der Waals surface area (Å²) in [5.74, 6) is -5.17. The summed E-state index contributed by atoms with van der Waals surface area (Å²) in [5, 5.41) is 57.3. The fourth-order valence-corrected chi connectivity index (χ4v) is 4.28. The van der Waals surface area contributed by atoms with Crippen LogP contribution in [0, 0.1) is 5.41 Å².